The van der Waals surface area contributed by atoms with Crippen molar-refractivity contribution >= 4 is 21.9 Å². The molecule has 0 N–H and O–H groups in total. The van der Waals surface area contributed by atoms with Gasteiger partial charge < -0.3 is 4.42 Å². The van der Waals surface area contributed by atoms with Crippen LogP contribution in [0, 0.1) is 0 Å². The lowest BCUT2D eigenvalue weighted by Gasteiger charge is -2.11. The highest BCUT2D eigenvalue weighted by atomic mass is 16.3. The summed E-state index contributed by atoms with van der Waals surface area (Å²) >= 11 is 0. The fraction of sp³-hybridized carbons (Fsp3) is 0. The van der Waals surface area contributed by atoms with Gasteiger partial charge in [0.25, 0.3) is 0 Å². The van der Waals surface area contributed by atoms with E-state index in [0.29, 0.717) is 17.5 Å². The van der Waals surface area contributed by atoms with Crippen molar-refractivity contribution in [3.8, 4) is 56.4 Å². The van der Waals surface area contributed by atoms with Gasteiger partial charge in [0.1, 0.15) is 11.2 Å². The third-order valence-corrected chi connectivity index (χ3v) is 7.73. The zero-order valence-electron chi connectivity index (χ0n) is 23.2. The van der Waals surface area contributed by atoms with Crippen molar-refractivity contribution in [3.05, 3.63) is 152 Å². The van der Waals surface area contributed by atoms with Crippen LogP contribution in [-0.2, 0) is 0 Å². The Morgan fingerprint density at radius 2 is 0.837 bits per heavy atom. The maximum Gasteiger partial charge on any atom is 0.164 e. The summed E-state index contributed by atoms with van der Waals surface area (Å²) in [4.78, 5) is 14.9. The molecule has 0 saturated carbocycles. The molecule has 6 aromatic carbocycles. The minimum absolute atomic E-state index is 0.618. The van der Waals surface area contributed by atoms with E-state index < -0.39 is 0 Å². The van der Waals surface area contributed by atoms with Crippen molar-refractivity contribution < 1.29 is 4.42 Å². The van der Waals surface area contributed by atoms with Gasteiger partial charge in [-0.05, 0) is 34.9 Å². The molecular formula is C39H25N3O. The van der Waals surface area contributed by atoms with E-state index in [9.17, 15) is 0 Å². The average molecular weight is 552 g/mol. The monoisotopic (exact) mass is 551 g/mol. The molecule has 8 rings (SSSR count). The van der Waals surface area contributed by atoms with Crippen molar-refractivity contribution in [2.75, 3.05) is 0 Å². The molecule has 2 heterocycles. The molecule has 0 saturated heterocycles. The Morgan fingerprint density at radius 3 is 1.56 bits per heavy atom. The maximum atomic E-state index is 6.34. The van der Waals surface area contributed by atoms with E-state index in [1.165, 1.54) is 0 Å². The molecule has 0 fully saturated rings. The van der Waals surface area contributed by atoms with E-state index in [4.69, 9.17) is 19.4 Å². The lowest BCUT2D eigenvalue weighted by Crippen LogP contribution is -2.00. The van der Waals surface area contributed by atoms with Crippen LogP contribution in [0.3, 0.4) is 0 Å². The summed E-state index contributed by atoms with van der Waals surface area (Å²) in [5, 5.41) is 2.22. The predicted molar refractivity (Wildman–Crippen MR) is 174 cm³/mol. The van der Waals surface area contributed by atoms with Crippen molar-refractivity contribution in [2.45, 2.75) is 0 Å². The molecule has 0 radical (unpaired) electrons. The van der Waals surface area contributed by atoms with Crippen molar-refractivity contribution in [1.82, 2.24) is 15.0 Å². The summed E-state index contributed by atoms with van der Waals surface area (Å²) in [7, 11) is 0. The first-order valence-corrected chi connectivity index (χ1v) is 14.3. The van der Waals surface area contributed by atoms with Gasteiger partial charge in [-0.25, -0.2) is 15.0 Å². The summed E-state index contributed by atoms with van der Waals surface area (Å²) in [6, 6.07) is 51.6. The van der Waals surface area contributed by atoms with Gasteiger partial charge in [0.05, 0.1) is 0 Å². The summed E-state index contributed by atoms with van der Waals surface area (Å²) in [6.45, 7) is 0. The summed E-state index contributed by atoms with van der Waals surface area (Å²) in [6.07, 6.45) is 0. The normalized spacial score (nSPS) is 11.3. The van der Waals surface area contributed by atoms with Crippen LogP contribution in [0.1, 0.15) is 0 Å². The average Bonchev–Trinajstić information content (AvgIpc) is 3.48. The Bertz CT molecular complexity index is 2240. The smallest absolute Gasteiger partial charge is 0.164 e. The standard InChI is InChI=1S/C39H25N3O/c1-3-12-26(13-4-1)28-16-9-18-30(24-28)38-40-37(27-14-5-2-6-15-27)41-39(42-38)31-19-10-17-29(25-31)32-21-11-22-34-33-20-7-8-23-35(33)43-36(32)34/h1-25H. The zero-order chi connectivity index (χ0) is 28.6. The molecule has 43 heavy (non-hydrogen) atoms. The first-order chi connectivity index (χ1) is 21.3. The first kappa shape index (κ1) is 24.9. The molecule has 0 unspecified atom stereocenters. The van der Waals surface area contributed by atoms with Crippen LogP contribution in [0.15, 0.2) is 156 Å². The Hall–Kier alpha value is -5.87. The highest BCUT2D eigenvalue weighted by molar-refractivity contribution is 6.09. The van der Waals surface area contributed by atoms with E-state index in [-0.39, 0.29) is 0 Å². The highest BCUT2D eigenvalue weighted by Crippen LogP contribution is 2.37. The van der Waals surface area contributed by atoms with Crippen LogP contribution >= 0.6 is 0 Å². The first-order valence-electron chi connectivity index (χ1n) is 14.3. The molecule has 0 spiro atoms. The Kier molecular flexibility index (Phi) is 6.08. The van der Waals surface area contributed by atoms with Crippen LogP contribution in [0.25, 0.3) is 78.4 Å². The molecule has 2 aromatic heterocycles. The molecule has 0 atom stereocenters. The van der Waals surface area contributed by atoms with Gasteiger partial charge in [-0.1, -0.05) is 133 Å². The van der Waals surface area contributed by atoms with Gasteiger partial charge in [-0.3, -0.25) is 0 Å². The molecule has 202 valence electrons. The van der Waals surface area contributed by atoms with Crippen LogP contribution < -0.4 is 0 Å². The molecule has 4 nitrogen and oxygen atoms in total. The lowest BCUT2D eigenvalue weighted by molar-refractivity contribution is 0.670. The molecule has 0 aliphatic heterocycles. The number of para-hydroxylation sites is 2. The third-order valence-electron chi connectivity index (χ3n) is 7.73. The van der Waals surface area contributed by atoms with Crippen LogP contribution in [0.2, 0.25) is 0 Å². The largest absolute Gasteiger partial charge is 0.455 e. The van der Waals surface area contributed by atoms with Crippen LogP contribution in [0.4, 0.5) is 0 Å². The number of benzene rings is 6. The number of furan rings is 1. The Balaban J connectivity index is 1.28. The Labute approximate surface area is 249 Å². The van der Waals surface area contributed by atoms with Gasteiger partial charge in [0, 0.05) is 33.0 Å². The molecule has 0 bridgehead atoms. The molecule has 0 aliphatic rings. The van der Waals surface area contributed by atoms with Crippen LogP contribution in [-0.4, -0.2) is 15.0 Å². The van der Waals surface area contributed by atoms with Crippen LogP contribution in [0.5, 0.6) is 0 Å². The number of hydrogen-bond acceptors (Lipinski definition) is 4. The number of rotatable bonds is 5. The SMILES string of the molecule is c1ccc(-c2cccc(-c3nc(-c4ccccc4)nc(-c4cccc(-c5cccc6c5oc5ccccc56)c4)n3)c2)cc1. The highest BCUT2D eigenvalue weighted by Gasteiger charge is 2.16. The van der Waals surface area contributed by atoms with Gasteiger partial charge in [0.15, 0.2) is 17.5 Å². The fourth-order valence-electron chi connectivity index (χ4n) is 5.62. The minimum Gasteiger partial charge on any atom is -0.455 e. The van der Waals surface area contributed by atoms with Crippen molar-refractivity contribution in [2.24, 2.45) is 0 Å². The topological polar surface area (TPSA) is 51.8 Å². The number of aromatic nitrogens is 3. The second-order valence-electron chi connectivity index (χ2n) is 10.5. The maximum absolute atomic E-state index is 6.34. The van der Waals surface area contributed by atoms with Crippen molar-refractivity contribution in [1.29, 1.82) is 0 Å². The second kappa shape index (κ2) is 10.5. The van der Waals surface area contributed by atoms with E-state index in [0.717, 1.165) is 60.9 Å². The van der Waals surface area contributed by atoms with E-state index >= 15 is 0 Å². The third kappa shape index (κ3) is 4.65. The predicted octanol–water partition coefficient (Wildman–Crippen LogP) is 10.1. The molecule has 0 amide bonds. The molecule has 8 aromatic rings. The molecule has 0 aliphatic carbocycles. The second-order valence-corrected chi connectivity index (χ2v) is 10.5. The molecular weight excluding hydrogens is 526 g/mol. The Morgan fingerprint density at radius 1 is 0.349 bits per heavy atom. The fourth-order valence-corrected chi connectivity index (χ4v) is 5.62. The lowest BCUT2D eigenvalue weighted by atomic mass is 10.00. The van der Waals surface area contributed by atoms with Gasteiger partial charge in [-0.15, -0.1) is 0 Å². The van der Waals surface area contributed by atoms with Gasteiger partial charge in [-0.2, -0.15) is 0 Å². The van der Waals surface area contributed by atoms with Gasteiger partial charge >= 0.3 is 0 Å². The van der Waals surface area contributed by atoms with E-state index in [1.54, 1.807) is 0 Å². The summed E-state index contributed by atoms with van der Waals surface area (Å²) in [5.74, 6) is 1.88. The number of fused-ring (bicyclic) bond motifs is 3. The van der Waals surface area contributed by atoms with E-state index in [1.807, 2.05) is 60.7 Å². The zero-order valence-corrected chi connectivity index (χ0v) is 23.2. The molecule has 4 heteroatoms. The van der Waals surface area contributed by atoms with E-state index in [2.05, 4.69) is 91.0 Å². The van der Waals surface area contributed by atoms with Gasteiger partial charge in [0.2, 0.25) is 0 Å². The summed E-state index contributed by atoms with van der Waals surface area (Å²) in [5.41, 5.74) is 8.87. The number of nitrogens with zero attached hydrogens (tertiary/aromatic N) is 3. The van der Waals surface area contributed by atoms with Crippen molar-refractivity contribution in [3.63, 3.8) is 0 Å². The quantitative estimate of drug-likeness (QED) is 0.214. The number of hydrogen-bond donors (Lipinski definition) is 0. The minimum atomic E-state index is 0.618. The summed E-state index contributed by atoms with van der Waals surface area (Å²) < 4.78 is 6.34.